The van der Waals surface area contributed by atoms with E-state index in [2.05, 4.69) is 10.3 Å². The Balaban J connectivity index is 2.68. The molecule has 0 atom stereocenters. The zero-order valence-corrected chi connectivity index (χ0v) is 11.5. The van der Waals surface area contributed by atoms with E-state index < -0.39 is 11.9 Å². The third-order valence-electron chi connectivity index (χ3n) is 2.05. The number of nitrogens with one attached hydrogen (secondary N) is 1. The molecular weight excluding hydrogens is 266 g/mol. The molecule has 0 aliphatic rings. The minimum atomic E-state index is -0.978. The first kappa shape index (κ1) is 14.9. The number of carbonyl (C=O) groups excluding carboxylic acids is 1. The number of carboxylic acid groups (broad SMARTS) is 1. The van der Waals surface area contributed by atoms with Gasteiger partial charge >= 0.3 is 5.97 Å². The van der Waals surface area contributed by atoms with Gasteiger partial charge in [-0.1, -0.05) is 0 Å². The Labute approximate surface area is 114 Å². The van der Waals surface area contributed by atoms with Crippen molar-refractivity contribution in [2.24, 2.45) is 10.7 Å². The molecule has 6 nitrogen and oxygen atoms in total. The molecule has 0 aromatic carbocycles. The van der Waals surface area contributed by atoms with Crippen molar-refractivity contribution < 1.29 is 14.7 Å². The number of hydrogen-bond donors (Lipinski definition) is 3. The number of amidine groups is 1. The highest BCUT2D eigenvalue weighted by molar-refractivity contribution is 7.12. The zero-order valence-electron chi connectivity index (χ0n) is 10.6. The summed E-state index contributed by atoms with van der Waals surface area (Å²) in [5.41, 5.74) is 7.12. The van der Waals surface area contributed by atoms with Gasteiger partial charge in [0, 0.05) is 5.70 Å². The van der Waals surface area contributed by atoms with Crippen molar-refractivity contribution in [2.45, 2.75) is 13.8 Å². The largest absolute Gasteiger partial charge is 0.480 e. The predicted molar refractivity (Wildman–Crippen MR) is 74.4 cm³/mol. The van der Waals surface area contributed by atoms with Crippen LogP contribution in [0.15, 0.2) is 28.2 Å². The van der Waals surface area contributed by atoms with Crippen molar-refractivity contribution in [3.8, 4) is 0 Å². The number of aryl methyl sites for hydroxylation is 1. The highest BCUT2D eigenvalue weighted by Gasteiger charge is 2.07. The van der Waals surface area contributed by atoms with E-state index in [1.165, 1.54) is 17.4 Å². The molecule has 4 N–H and O–H groups in total. The van der Waals surface area contributed by atoms with Crippen molar-refractivity contribution in [3.63, 3.8) is 0 Å². The fourth-order valence-electron chi connectivity index (χ4n) is 1.24. The molecule has 7 heteroatoms. The average molecular weight is 281 g/mol. The number of hydrogen-bond acceptors (Lipinski definition) is 4. The first-order chi connectivity index (χ1) is 8.88. The lowest BCUT2D eigenvalue weighted by Gasteiger charge is -2.02. The van der Waals surface area contributed by atoms with E-state index in [-0.39, 0.29) is 12.4 Å². The van der Waals surface area contributed by atoms with Crippen LogP contribution >= 0.6 is 11.3 Å². The van der Waals surface area contributed by atoms with Gasteiger partial charge in [0.15, 0.2) is 0 Å². The van der Waals surface area contributed by atoms with Crippen LogP contribution in [0.25, 0.3) is 0 Å². The monoisotopic (exact) mass is 281 g/mol. The summed E-state index contributed by atoms with van der Waals surface area (Å²) >= 11 is 1.31. The van der Waals surface area contributed by atoms with Crippen molar-refractivity contribution in [2.75, 3.05) is 6.54 Å². The average Bonchev–Trinajstić information content (AvgIpc) is 2.73. The molecule has 1 amide bonds. The maximum absolute atomic E-state index is 11.7. The minimum absolute atomic E-state index is 0.0337. The molecule has 0 saturated carbocycles. The number of carbonyl (C=O) groups is 2. The van der Waals surface area contributed by atoms with Crippen LogP contribution in [0.3, 0.4) is 0 Å². The first-order valence-corrected chi connectivity index (χ1v) is 6.34. The lowest BCUT2D eigenvalue weighted by molar-refractivity contribution is -0.135. The van der Waals surface area contributed by atoms with Crippen molar-refractivity contribution >= 4 is 29.0 Å². The van der Waals surface area contributed by atoms with E-state index in [1.54, 1.807) is 13.0 Å². The number of allylic oxidation sites excluding steroid dienone is 1. The van der Waals surface area contributed by atoms with E-state index in [0.29, 0.717) is 10.6 Å². The Kier molecular flexibility index (Phi) is 5.25. The summed E-state index contributed by atoms with van der Waals surface area (Å²) in [5.74, 6) is -1.35. The number of thiophene rings is 1. The fourth-order valence-corrected chi connectivity index (χ4v) is 2.02. The van der Waals surface area contributed by atoms with Gasteiger partial charge in [-0.2, -0.15) is 4.99 Å². The van der Waals surface area contributed by atoms with Crippen LogP contribution in [0.1, 0.15) is 22.2 Å². The molecule has 1 aromatic rings. The van der Waals surface area contributed by atoms with Crippen LogP contribution in [0, 0.1) is 6.92 Å². The molecule has 0 aliphatic carbocycles. The number of nitrogens with zero attached hydrogens (tertiary/aromatic N) is 1. The summed E-state index contributed by atoms with van der Waals surface area (Å²) in [4.78, 5) is 26.3. The molecule has 1 aromatic heterocycles. The second-order valence-corrected chi connectivity index (χ2v) is 4.82. The van der Waals surface area contributed by atoms with E-state index in [0.717, 1.165) is 5.56 Å². The molecule has 0 radical (unpaired) electrons. The van der Waals surface area contributed by atoms with Crippen LogP contribution in [-0.2, 0) is 4.79 Å². The van der Waals surface area contributed by atoms with Gasteiger partial charge in [-0.15, -0.1) is 11.3 Å². The van der Waals surface area contributed by atoms with Crippen molar-refractivity contribution in [1.82, 2.24) is 5.32 Å². The molecule has 0 saturated heterocycles. The second kappa shape index (κ2) is 6.69. The minimum Gasteiger partial charge on any atom is -0.480 e. The summed E-state index contributed by atoms with van der Waals surface area (Å²) < 4.78 is 0. The third-order valence-corrected chi connectivity index (χ3v) is 3.09. The van der Waals surface area contributed by atoms with Gasteiger partial charge < -0.3 is 16.2 Å². The molecule has 1 heterocycles. The van der Waals surface area contributed by atoms with Crippen LogP contribution in [0.2, 0.25) is 0 Å². The van der Waals surface area contributed by atoms with E-state index in [1.807, 2.05) is 12.3 Å². The lowest BCUT2D eigenvalue weighted by Crippen LogP contribution is -2.22. The molecular formula is C12H15N3O3S. The van der Waals surface area contributed by atoms with Crippen molar-refractivity contribution in [1.29, 1.82) is 0 Å². The Morgan fingerprint density at radius 2 is 2.26 bits per heavy atom. The Bertz CT molecular complexity index is 546. The summed E-state index contributed by atoms with van der Waals surface area (Å²) in [5, 5.41) is 13.0. The number of nitrogens with two attached hydrogens (primary N) is 1. The maximum atomic E-state index is 11.7. The van der Waals surface area contributed by atoms with Gasteiger partial charge in [-0.25, -0.2) is 0 Å². The van der Waals surface area contributed by atoms with Crippen molar-refractivity contribution in [3.05, 3.63) is 33.7 Å². The van der Waals surface area contributed by atoms with Gasteiger partial charge in [0.25, 0.3) is 5.91 Å². The highest BCUT2D eigenvalue weighted by Crippen LogP contribution is 2.14. The van der Waals surface area contributed by atoms with Gasteiger partial charge in [-0.3, -0.25) is 9.59 Å². The maximum Gasteiger partial charge on any atom is 0.322 e. The molecule has 0 unspecified atom stereocenters. The number of carboxylic acids is 1. The SMILES string of the molecule is C/C(=C/C(N)=NC(=O)c1cc(C)cs1)NCC(=O)O. The Morgan fingerprint density at radius 3 is 2.79 bits per heavy atom. The normalized spacial score (nSPS) is 12.3. The van der Waals surface area contributed by atoms with Gasteiger partial charge in [0.2, 0.25) is 0 Å². The quantitative estimate of drug-likeness (QED) is 0.554. The molecule has 102 valence electrons. The molecule has 0 fully saturated rings. The zero-order chi connectivity index (χ0) is 14.4. The van der Waals surface area contributed by atoms with E-state index in [9.17, 15) is 9.59 Å². The topological polar surface area (TPSA) is 105 Å². The summed E-state index contributed by atoms with van der Waals surface area (Å²) in [6, 6.07) is 1.74. The fraction of sp³-hybridized carbons (Fsp3) is 0.250. The Hall–Kier alpha value is -2.15. The number of aliphatic carboxylic acids is 1. The molecule has 0 aliphatic heterocycles. The van der Waals surface area contributed by atoms with Crippen LogP contribution in [0.4, 0.5) is 0 Å². The third kappa shape index (κ3) is 5.35. The smallest absolute Gasteiger partial charge is 0.322 e. The van der Waals surface area contributed by atoms with E-state index >= 15 is 0 Å². The van der Waals surface area contributed by atoms with Crippen LogP contribution in [0.5, 0.6) is 0 Å². The van der Waals surface area contributed by atoms with Gasteiger partial charge in [0.05, 0.1) is 4.88 Å². The number of aliphatic imine (C=N–C) groups is 1. The van der Waals surface area contributed by atoms with Crippen LogP contribution < -0.4 is 11.1 Å². The standard InChI is InChI=1S/C12H15N3O3S/c1-7-3-9(19-6-7)12(18)15-10(13)4-8(2)14-5-11(16)17/h3-4,6,14H,5H2,1-2H3,(H,16,17)(H2,13,15,18)/b8-4-. The number of rotatable bonds is 5. The summed E-state index contributed by atoms with van der Waals surface area (Å²) in [7, 11) is 0. The van der Waals surface area contributed by atoms with E-state index in [4.69, 9.17) is 10.8 Å². The summed E-state index contributed by atoms with van der Waals surface area (Å²) in [6.07, 6.45) is 1.42. The Morgan fingerprint density at radius 1 is 1.58 bits per heavy atom. The first-order valence-electron chi connectivity index (χ1n) is 5.46. The number of amides is 1. The van der Waals surface area contributed by atoms with Gasteiger partial charge in [0.1, 0.15) is 12.4 Å². The molecule has 0 spiro atoms. The predicted octanol–water partition coefficient (Wildman–Crippen LogP) is 1.13. The highest BCUT2D eigenvalue weighted by atomic mass is 32.1. The molecule has 1 rings (SSSR count). The molecule has 0 bridgehead atoms. The molecule has 19 heavy (non-hydrogen) atoms. The van der Waals surface area contributed by atoms with Gasteiger partial charge in [-0.05, 0) is 36.9 Å². The second-order valence-electron chi connectivity index (χ2n) is 3.90. The lowest BCUT2D eigenvalue weighted by atomic mass is 10.3. The summed E-state index contributed by atoms with van der Waals surface area (Å²) in [6.45, 7) is 3.32. The van der Waals surface area contributed by atoms with Crippen LogP contribution in [-0.4, -0.2) is 29.4 Å².